The smallest absolute Gasteiger partial charge is 0.0252 e. The predicted octanol–water partition coefficient (Wildman–Crippen LogP) is 1.40. The van der Waals surface area contributed by atoms with Crippen LogP contribution in [0.2, 0.25) is 0 Å². The summed E-state index contributed by atoms with van der Waals surface area (Å²) in [7, 11) is 2.26. The molecule has 0 aliphatic carbocycles. The second-order valence-electron chi connectivity index (χ2n) is 6.67. The van der Waals surface area contributed by atoms with E-state index < -0.39 is 0 Å². The molecule has 2 fully saturated rings. The number of nitrogens with zero attached hydrogens (tertiary/aromatic N) is 2. The highest BCUT2D eigenvalue weighted by Crippen LogP contribution is 2.18. The van der Waals surface area contributed by atoms with Gasteiger partial charge < -0.3 is 15.1 Å². The summed E-state index contributed by atoms with van der Waals surface area (Å²) in [6, 6.07) is 0. The van der Waals surface area contributed by atoms with E-state index in [0.717, 1.165) is 5.92 Å². The molecule has 0 spiro atoms. The molecule has 3 heteroatoms. The van der Waals surface area contributed by atoms with Crippen molar-refractivity contribution in [3.05, 3.63) is 0 Å². The lowest BCUT2D eigenvalue weighted by molar-refractivity contribution is 0.141. The van der Waals surface area contributed by atoms with Crippen LogP contribution in [0.3, 0.4) is 0 Å². The van der Waals surface area contributed by atoms with Crippen molar-refractivity contribution in [2.45, 2.75) is 38.6 Å². The fraction of sp³-hybridized carbons (Fsp3) is 1.00. The van der Waals surface area contributed by atoms with Gasteiger partial charge in [-0.3, -0.25) is 0 Å². The van der Waals surface area contributed by atoms with E-state index in [1.807, 2.05) is 0 Å². The molecular weight excluding hydrogens is 210 g/mol. The molecule has 0 aromatic heterocycles. The van der Waals surface area contributed by atoms with Gasteiger partial charge in [0.1, 0.15) is 0 Å². The topological polar surface area (TPSA) is 18.5 Å². The maximum absolute atomic E-state index is 3.64. The molecule has 2 rings (SSSR count). The van der Waals surface area contributed by atoms with E-state index in [-0.39, 0.29) is 5.54 Å². The number of hydrogen-bond donors (Lipinski definition) is 1. The van der Waals surface area contributed by atoms with Crippen LogP contribution in [-0.4, -0.2) is 61.7 Å². The van der Waals surface area contributed by atoms with Gasteiger partial charge in [0, 0.05) is 25.2 Å². The van der Waals surface area contributed by atoms with Crippen molar-refractivity contribution in [3.63, 3.8) is 0 Å². The molecule has 0 bridgehead atoms. The minimum absolute atomic E-state index is 0.289. The summed E-state index contributed by atoms with van der Waals surface area (Å²) in [5.74, 6) is 0.891. The SMILES string of the molecule is CN1CCCC(CN2CCCNC(C)(C)C2)C1. The normalized spacial score (nSPS) is 32.3. The van der Waals surface area contributed by atoms with Crippen molar-refractivity contribution < 1.29 is 0 Å². The summed E-state index contributed by atoms with van der Waals surface area (Å²) < 4.78 is 0. The van der Waals surface area contributed by atoms with E-state index in [1.54, 1.807) is 0 Å². The van der Waals surface area contributed by atoms with Crippen LogP contribution in [0.15, 0.2) is 0 Å². The highest BCUT2D eigenvalue weighted by molar-refractivity contribution is 4.86. The second kappa shape index (κ2) is 5.68. The lowest BCUT2D eigenvalue weighted by Crippen LogP contribution is -2.48. The zero-order chi connectivity index (χ0) is 12.3. The summed E-state index contributed by atoms with van der Waals surface area (Å²) in [4.78, 5) is 5.18. The van der Waals surface area contributed by atoms with Crippen LogP contribution >= 0.6 is 0 Å². The highest BCUT2D eigenvalue weighted by atomic mass is 15.2. The predicted molar refractivity (Wildman–Crippen MR) is 73.4 cm³/mol. The molecular formula is C14H29N3. The van der Waals surface area contributed by atoms with Crippen LogP contribution in [-0.2, 0) is 0 Å². The molecule has 3 nitrogen and oxygen atoms in total. The van der Waals surface area contributed by atoms with Crippen molar-refractivity contribution in [1.29, 1.82) is 0 Å². The van der Waals surface area contributed by atoms with E-state index in [9.17, 15) is 0 Å². The standard InChI is InChI=1S/C14H29N3/c1-14(2)12-17(9-5-7-15-14)11-13-6-4-8-16(3)10-13/h13,15H,4-12H2,1-3H3. The Bertz CT molecular complexity index is 240. The summed E-state index contributed by atoms with van der Waals surface area (Å²) in [6.07, 6.45) is 4.11. The van der Waals surface area contributed by atoms with Crippen LogP contribution in [0.1, 0.15) is 33.1 Å². The average molecular weight is 239 g/mol. The van der Waals surface area contributed by atoms with Crippen LogP contribution in [0.25, 0.3) is 0 Å². The summed E-state index contributed by atoms with van der Waals surface area (Å²) in [6.45, 7) is 12.2. The van der Waals surface area contributed by atoms with Crippen molar-refractivity contribution in [2.75, 3.05) is 46.3 Å². The van der Waals surface area contributed by atoms with Gasteiger partial charge in [0.25, 0.3) is 0 Å². The molecule has 0 saturated carbocycles. The zero-order valence-corrected chi connectivity index (χ0v) is 11.8. The average Bonchev–Trinajstić information content (AvgIpc) is 2.39. The van der Waals surface area contributed by atoms with Crippen molar-refractivity contribution in [1.82, 2.24) is 15.1 Å². The first-order valence-corrected chi connectivity index (χ1v) is 7.21. The van der Waals surface area contributed by atoms with Crippen LogP contribution in [0.4, 0.5) is 0 Å². The van der Waals surface area contributed by atoms with Gasteiger partial charge in [0.2, 0.25) is 0 Å². The van der Waals surface area contributed by atoms with Gasteiger partial charge in [0.05, 0.1) is 0 Å². The minimum atomic E-state index is 0.289. The summed E-state index contributed by atoms with van der Waals surface area (Å²) >= 11 is 0. The Morgan fingerprint density at radius 1 is 1.24 bits per heavy atom. The highest BCUT2D eigenvalue weighted by Gasteiger charge is 2.26. The summed E-state index contributed by atoms with van der Waals surface area (Å²) in [5.41, 5.74) is 0.289. The Morgan fingerprint density at radius 2 is 2.06 bits per heavy atom. The molecule has 0 radical (unpaired) electrons. The minimum Gasteiger partial charge on any atom is -0.310 e. The van der Waals surface area contributed by atoms with Gasteiger partial charge in [0.15, 0.2) is 0 Å². The molecule has 0 aromatic rings. The number of piperidine rings is 1. The third kappa shape index (κ3) is 4.23. The van der Waals surface area contributed by atoms with Crippen molar-refractivity contribution in [2.24, 2.45) is 5.92 Å². The molecule has 2 aliphatic heterocycles. The molecule has 2 saturated heterocycles. The Hall–Kier alpha value is -0.120. The molecule has 2 aliphatic rings. The van der Waals surface area contributed by atoms with Crippen molar-refractivity contribution in [3.8, 4) is 0 Å². The number of nitrogens with one attached hydrogen (secondary N) is 1. The lowest BCUT2D eigenvalue weighted by atomic mass is 9.97. The third-order valence-electron chi connectivity index (χ3n) is 4.11. The molecule has 1 N–H and O–H groups in total. The lowest BCUT2D eigenvalue weighted by Gasteiger charge is -2.36. The molecule has 17 heavy (non-hydrogen) atoms. The summed E-state index contributed by atoms with van der Waals surface area (Å²) in [5, 5.41) is 3.64. The van der Waals surface area contributed by atoms with Gasteiger partial charge in [-0.1, -0.05) is 0 Å². The second-order valence-corrected chi connectivity index (χ2v) is 6.67. The first kappa shape index (κ1) is 13.3. The van der Waals surface area contributed by atoms with Gasteiger partial charge >= 0.3 is 0 Å². The molecule has 2 heterocycles. The van der Waals surface area contributed by atoms with E-state index >= 15 is 0 Å². The molecule has 0 aromatic carbocycles. The van der Waals surface area contributed by atoms with Crippen molar-refractivity contribution >= 4 is 0 Å². The van der Waals surface area contributed by atoms with E-state index in [1.165, 1.54) is 58.5 Å². The third-order valence-corrected chi connectivity index (χ3v) is 4.11. The van der Waals surface area contributed by atoms with Gasteiger partial charge in [-0.25, -0.2) is 0 Å². The molecule has 1 unspecified atom stereocenters. The number of rotatable bonds is 2. The van der Waals surface area contributed by atoms with Gasteiger partial charge in [-0.05, 0) is 65.7 Å². The van der Waals surface area contributed by atoms with E-state index in [0.29, 0.717) is 0 Å². The van der Waals surface area contributed by atoms with Gasteiger partial charge in [-0.15, -0.1) is 0 Å². The Labute approximate surface area is 107 Å². The first-order chi connectivity index (χ1) is 8.05. The van der Waals surface area contributed by atoms with Crippen LogP contribution in [0, 0.1) is 5.92 Å². The van der Waals surface area contributed by atoms with Gasteiger partial charge in [-0.2, -0.15) is 0 Å². The quantitative estimate of drug-likeness (QED) is 0.786. The van der Waals surface area contributed by atoms with E-state index in [4.69, 9.17) is 0 Å². The zero-order valence-electron chi connectivity index (χ0n) is 11.8. The molecule has 0 amide bonds. The maximum atomic E-state index is 3.64. The number of likely N-dealkylation sites (tertiary alicyclic amines) is 1. The molecule has 100 valence electrons. The Morgan fingerprint density at radius 3 is 2.82 bits per heavy atom. The largest absolute Gasteiger partial charge is 0.310 e. The van der Waals surface area contributed by atoms with Crippen LogP contribution < -0.4 is 5.32 Å². The Balaban J connectivity index is 1.84. The monoisotopic (exact) mass is 239 g/mol. The first-order valence-electron chi connectivity index (χ1n) is 7.21. The van der Waals surface area contributed by atoms with E-state index in [2.05, 4.69) is 36.0 Å². The van der Waals surface area contributed by atoms with Crippen LogP contribution in [0.5, 0.6) is 0 Å². The Kier molecular flexibility index (Phi) is 4.45. The number of hydrogen-bond acceptors (Lipinski definition) is 3. The molecule has 1 atom stereocenters. The fourth-order valence-corrected chi connectivity index (χ4v) is 3.37. The maximum Gasteiger partial charge on any atom is 0.0252 e. The fourth-order valence-electron chi connectivity index (χ4n) is 3.37.